The summed E-state index contributed by atoms with van der Waals surface area (Å²) in [5.41, 5.74) is 3.09. The number of piperidine rings is 1. The van der Waals surface area contributed by atoms with Gasteiger partial charge in [0.2, 0.25) is 5.91 Å². The molecule has 2 aromatic rings. The van der Waals surface area contributed by atoms with Crippen LogP contribution < -0.4 is 4.90 Å². The second-order valence-electron chi connectivity index (χ2n) is 8.70. The van der Waals surface area contributed by atoms with E-state index in [4.69, 9.17) is 0 Å². The fourth-order valence-corrected chi connectivity index (χ4v) is 4.72. The second kappa shape index (κ2) is 9.26. The van der Waals surface area contributed by atoms with Crippen molar-refractivity contribution in [2.45, 2.75) is 51.5 Å². The van der Waals surface area contributed by atoms with Crippen LogP contribution in [0.3, 0.4) is 0 Å². The number of benzene rings is 1. The van der Waals surface area contributed by atoms with Crippen LogP contribution in [0.2, 0.25) is 0 Å². The fourth-order valence-electron chi connectivity index (χ4n) is 4.72. The maximum absolute atomic E-state index is 12.5. The van der Waals surface area contributed by atoms with Crippen molar-refractivity contribution < 1.29 is 4.79 Å². The van der Waals surface area contributed by atoms with Gasteiger partial charge < -0.3 is 9.80 Å². The second-order valence-corrected chi connectivity index (χ2v) is 8.70. The third-order valence-corrected chi connectivity index (χ3v) is 6.68. The van der Waals surface area contributed by atoms with Crippen LogP contribution >= 0.6 is 0 Å². The van der Waals surface area contributed by atoms with Gasteiger partial charge in [0.1, 0.15) is 6.33 Å². The molecule has 2 saturated heterocycles. The van der Waals surface area contributed by atoms with Gasteiger partial charge in [-0.15, -0.1) is 0 Å². The van der Waals surface area contributed by atoms with Gasteiger partial charge in [0.25, 0.3) is 0 Å². The molecule has 0 atom stereocenters. The van der Waals surface area contributed by atoms with Crippen molar-refractivity contribution in [3.63, 3.8) is 0 Å². The first-order valence-corrected chi connectivity index (χ1v) is 11.3. The van der Waals surface area contributed by atoms with Crippen LogP contribution in [0.1, 0.15) is 50.2 Å². The lowest BCUT2D eigenvalue weighted by Crippen LogP contribution is -2.52. The number of carbonyl (C=O) groups excluding carboxylic acids is 1. The average molecular weight is 398 g/mol. The SMILES string of the molecule is CCCCCC(=O)n1cnc2cc(N3CCC(N4CCN(C)CC4)CC3)ccc21. The minimum absolute atomic E-state index is 0.154. The molecule has 1 aromatic carbocycles. The predicted octanol–water partition coefficient (Wildman–Crippen LogP) is 3.47. The first-order valence-electron chi connectivity index (χ1n) is 11.3. The average Bonchev–Trinajstić information content (AvgIpc) is 3.18. The number of hydrogen-bond donors (Lipinski definition) is 0. The number of fused-ring (bicyclic) bond motifs is 1. The van der Waals surface area contributed by atoms with Crippen LogP contribution in [-0.4, -0.2) is 77.6 Å². The molecule has 6 nitrogen and oxygen atoms in total. The molecule has 0 amide bonds. The molecule has 29 heavy (non-hydrogen) atoms. The molecule has 0 saturated carbocycles. The van der Waals surface area contributed by atoms with E-state index in [2.05, 4.69) is 51.9 Å². The molecule has 1 aromatic heterocycles. The minimum atomic E-state index is 0.154. The number of rotatable bonds is 6. The van der Waals surface area contributed by atoms with E-state index < -0.39 is 0 Å². The summed E-state index contributed by atoms with van der Waals surface area (Å²) in [6.45, 7) is 9.14. The molecule has 4 rings (SSSR count). The van der Waals surface area contributed by atoms with Gasteiger partial charge in [-0.3, -0.25) is 14.3 Å². The van der Waals surface area contributed by atoms with Gasteiger partial charge >= 0.3 is 0 Å². The zero-order chi connectivity index (χ0) is 20.2. The van der Waals surface area contributed by atoms with Crippen molar-refractivity contribution in [2.75, 3.05) is 51.2 Å². The van der Waals surface area contributed by atoms with Crippen LogP contribution in [0.5, 0.6) is 0 Å². The van der Waals surface area contributed by atoms with Crippen molar-refractivity contribution in [3.05, 3.63) is 24.5 Å². The molecule has 0 unspecified atom stereocenters. The smallest absolute Gasteiger partial charge is 0.232 e. The lowest BCUT2D eigenvalue weighted by molar-refractivity contribution is 0.0904. The number of aromatic nitrogens is 2. The summed E-state index contributed by atoms with van der Waals surface area (Å²) in [6, 6.07) is 7.11. The highest BCUT2D eigenvalue weighted by Crippen LogP contribution is 2.26. The Bertz CT molecular complexity index is 816. The molecular weight excluding hydrogens is 362 g/mol. The third-order valence-electron chi connectivity index (χ3n) is 6.68. The van der Waals surface area contributed by atoms with Gasteiger partial charge in [0.15, 0.2) is 0 Å². The lowest BCUT2D eigenvalue weighted by Gasteiger charge is -2.42. The summed E-state index contributed by atoms with van der Waals surface area (Å²) in [5.74, 6) is 0.154. The summed E-state index contributed by atoms with van der Waals surface area (Å²) in [5, 5.41) is 0. The summed E-state index contributed by atoms with van der Waals surface area (Å²) in [7, 11) is 2.22. The van der Waals surface area contributed by atoms with E-state index in [1.54, 1.807) is 10.9 Å². The monoisotopic (exact) mass is 397 g/mol. The molecule has 158 valence electrons. The van der Waals surface area contributed by atoms with E-state index in [0.717, 1.165) is 49.4 Å². The number of likely N-dealkylation sites (N-methyl/N-ethyl adjacent to an activating group) is 1. The summed E-state index contributed by atoms with van der Waals surface area (Å²) in [6.07, 6.45) is 7.94. The Kier molecular flexibility index (Phi) is 6.50. The summed E-state index contributed by atoms with van der Waals surface area (Å²) >= 11 is 0. The predicted molar refractivity (Wildman–Crippen MR) is 119 cm³/mol. The number of piperazine rings is 1. The first kappa shape index (κ1) is 20.4. The fraction of sp³-hybridized carbons (Fsp3) is 0.652. The van der Waals surface area contributed by atoms with Gasteiger partial charge in [-0.2, -0.15) is 0 Å². The largest absolute Gasteiger partial charge is 0.371 e. The van der Waals surface area contributed by atoms with E-state index in [-0.39, 0.29) is 5.91 Å². The Hall–Kier alpha value is -1.92. The van der Waals surface area contributed by atoms with Gasteiger partial charge in [-0.05, 0) is 44.5 Å². The molecule has 2 aliphatic heterocycles. The highest BCUT2D eigenvalue weighted by molar-refractivity contribution is 5.91. The Balaban J connectivity index is 1.37. The topological polar surface area (TPSA) is 44.6 Å². The molecule has 2 aliphatic rings. The summed E-state index contributed by atoms with van der Waals surface area (Å²) < 4.78 is 1.73. The number of nitrogens with zero attached hydrogens (tertiary/aromatic N) is 5. The van der Waals surface area contributed by atoms with Crippen molar-refractivity contribution in [3.8, 4) is 0 Å². The number of carbonyl (C=O) groups is 1. The van der Waals surface area contributed by atoms with E-state index in [1.807, 2.05) is 0 Å². The van der Waals surface area contributed by atoms with Crippen molar-refractivity contribution >= 4 is 22.6 Å². The highest BCUT2D eigenvalue weighted by atomic mass is 16.2. The van der Waals surface area contributed by atoms with E-state index >= 15 is 0 Å². The molecule has 6 heteroatoms. The number of hydrogen-bond acceptors (Lipinski definition) is 5. The molecule has 0 spiro atoms. The molecule has 2 fully saturated rings. The van der Waals surface area contributed by atoms with Gasteiger partial charge in [-0.1, -0.05) is 19.8 Å². The van der Waals surface area contributed by atoms with Crippen LogP contribution in [0.4, 0.5) is 5.69 Å². The Morgan fingerprint density at radius 3 is 2.55 bits per heavy atom. The third kappa shape index (κ3) is 4.64. The zero-order valence-electron chi connectivity index (χ0n) is 18.0. The number of unbranched alkanes of at least 4 members (excludes halogenated alkanes) is 2. The first-order chi connectivity index (χ1) is 14.2. The molecule has 0 N–H and O–H groups in total. The highest BCUT2D eigenvalue weighted by Gasteiger charge is 2.27. The van der Waals surface area contributed by atoms with Crippen LogP contribution in [0.15, 0.2) is 24.5 Å². The lowest BCUT2D eigenvalue weighted by atomic mass is 10.0. The van der Waals surface area contributed by atoms with Crippen LogP contribution in [0, 0.1) is 0 Å². The van der Waals surface area contributed by atoms with Crippen molar-refractivity contribution in [2.24, 2.45) is 0 Å². The maximum Gasteiger partial charge on any atom is 0.232 e. The normalized spacial score (nSPS) is 19.9. The number of anilines is 1. The Morgan fingerprint density at radius 1 is 1.07 bits per heavy atom. The Morgan fingerprint density at radius 2 is 1.83 bits per heavy atom. The Labute approximate surface area is 174 Å². The molecule has 0 aliphatic carbocycles. The van der Waals surface area contributed by atoms with Crippen molar-refractivity contribution in [1.82, 2.24) is 19.4 Å². The molecule has 0 bridgehead atoms. The zero-order valence-corrected chi connectivity index (χ0v) is 18.0. The van der Waals surface area contributed by atoms with Crippen LogP contribution in [0.25, 0.3) is 11.0 Å². The molecular formula is C23H35N5O. The van der Waals surface area contributed by atoms with E-state index in [0.29, 0.717) is 6.42 Å². The minimum Gasteiger partial charge on any atom is -0.371 e. The van der Waals surface area contributed by atoms with Crippen molar-refractivity contribution in [1.29, 1.82) is 0 Å². The van der Waals surface area contributed by atoms with E-state index in [9.17, 15) is 4.79 Å². The standard InChI is InChI=1S/C23H35N5O/c1-3-4-5-6-23(29)28-18-24-21-17-20(7-8-22(21)28)26-11-9-19(10-12-26)27-15-13-25(2)14-16-27/h7-8,17-19H,3-6,9-16H2,1-2H3. The van der Waals surface area contributed by atoms with Gasteiger partial charge in [0, 0.05) is 57.4 Å². The van der Waals surface area contributed by atoms with Gasteiger partial charge in [0.05, 0.1) is 11.0 Å². The number of imidazole rings is 1. The quantitative estimate of drug-likeness (QED) is 0.699. The van der Waals surface area contributed by atoms with Crippen LogP contribution in [-0.2, 0) is 0 Å². The molecule has 3 heterocycles. The maximum atomic E-state index is 12.5. The summed E-state index contributed by atoms with van der Waals surface area (Å²) in [4.78, 5) is 24.6. The molecule has 0 radical (unpaired) electrons. The van der Waals surface area contributed by atoms with Gasteiger partial charge in [-0.25, -0.2) is 4.98 Å². The van der Waals surface area contributed by atoms with E-state index in [1.165, 1.54) is 44.7 Å².